The summed E-state index contributed by atoms with van der Waals surface area (Å²) < 4.78 is 1.97. The Labute approximate surface area is 144 Å². The van der Waals surface area contributed by atoms with Crippen LogP contribution in [0.5, 0.6) is 0 Å². The predicted molar refractivity (Wildman–Crippen MR) is 96.4 cm³/mol. The zero-order chi connectivity index (χ0) is 17.1. The summed E-state index contributed by atoms with van der Waals surface area (Å²) in [5.41, 5.74) is 5.10. The van der Waals surface area contributed by atoms with E-state index >= 15 is 0 Å². The maximum atomic E-state index is 9.30. The molecule has 0 saturated carbocycles. The highest BCUT2D eigenvalue weighted by atomic mass is 16.3. The van der Waals surface area contributed by atoms with Crippen LogP contribution in [0.4, 0.5) is 0 Å². The van der Waals surface area contributed by atoms with Crippen molar-refractivity contribution in [1.29, 1.82) is 0 Å². The topological polar surface area (TPSA) is 44.5 Å². The molecule has 0 aliphatic carbocycles. The fourth-order valence-electron chi connectivity index (χ4n) is 3.63. The minimum absolute atomic E-state index is 0.255. The Hall–Kier alpha value is -1.69. The zero-order valence-corrected chi connectivity index (χ0v) is 14.9. The quantitative estimate of drug-likeness (QED) is 0.912. The van der Waals surface area contributed by atoms with E-state index in [2.05, 4.69) is 47.9 Å². The summed E-state index contributed by atoms with van der Waals surface area (Å²) in [7, 11) is 2.16. The Kier molecular flexibility index (Phi) is 5.33. The number of likely N-dealkylation sites (N-methyl/N-ethyl adjacent to an activating group) is 1. The molecule has 0 amide bonds. The Morgan fingerprint density at radius 2 is 2.08 bits per heavy atom. The van der Waals surface area contributed by atoms with Crippen LogP contribution >= 0.6 is 0 Å². The van der Waals surface area contributed by atoms with Gasteiger partial charge in [0.25, 0.3) is 0 Å². The van der Waals surface area contributed by atoms with E-state index in [9.17, 15) is 5.11 Å². The van der Waals surface area contributed by atoms with Crippen molar-refractivity contribution in [3.05, 3.63) is 47.3 Å². The highest BCUT2D eigenvalue weighted by molar-refractivity contribution is 5.48. The second kappa shape index (κ2) is 7.47. The van der Waals surface area contributed by atoms with Crippen molar-refractivity contribution in [2.45, 2.75) is 32.9 Å². The van der Waals surface area contributed by atoms with Crippen LogP contribution in [0.2, 0.25) is 0 Å². The average molecular weight is 328 g/mol. The number of aliphatic hydroxyl groups excluding tert-OH is 1. The van der Waals surface area contributed by atoms with Crippen LogP contribution in [0.1, 0.15) is 23.1 Å². The lowest BCUT2D eigenvalue weighted by atomic mass is 10.0. The Morgan fingerprint density at radius 3 is 2.79 bits per heavy atom. The van der Waals surface area contributed by atoms with Gasteiger partial charge >= 0.3 is 0 Å². The van der Waals surface area contributed by atoms with Crippen molar-refractivity contribution in [2.75, 3.05) is 33.3 Å². The standard InChI is InChI=1S/C19H28N4O/c1-15-11-16(2)18(19(12-15)23-7-4-6-20-23)14-22-9-8-21(3)17(13-22)5-10-24/h4,6-7,11-12,17,24H,5,8-10,13-14H2,1-3H3. The number of nitrogens with zero attached hydrogens (tertiary/aromatic N) is 4. The fraction of sp³-hybridized carbons (Fsp3) is 0.526. The number of aromatic nitrogens is 2. The molecule has 1 saturated heterocycles. The van der Waals surface area contributed by atoms with E-state index in [1.165, 1.54) is 22.4 Å². The van der Waals surface area contributed by atoms with Crippen molar-refractivity contribution >= 4 is 0 Å². The number of aryl methyl sites for hydroxylation is 2. The fourth-order valence-corrected chi connectivity index (χ4v) is 3.63. The second-order valence-electron chi connectivity index (χ2n) is 6.91. The first-order valence-electron chi connectivity index (χ1n) is 8.72. The van der Waals surface area contributed by atoms with Gasteiger partial charge < -0.3 is 10.0 Å². The van der Waals surface area contributed by atoms with Crippen LogP contribution in [-0.2, 0) is 6.54 Å². The lowest BCUT2D eigenvalue weighted by molar-refractivity contribution is 0.0742. The lowest BCUT2D eigenvalue weighted by Crippen LogP contribution is -2.51. The molecule has 2 heterocycles. The van der Waals surface area contributed by atoms with Crippen LogP contribution in [0.15, 0.2) is 30.6 Å². The molecule has 24 heavy (non-hydrogen) atoms. The smallest absolute Gasteiger partial charge is 0.0695 e. The van der Waals surface area contributed by atoms with Crippen molar-refractivity contribution < 1.29 is 5.11 Å². The van der Waals surface area contributed by atoms with Gasteiger partial charge in [-0.3, -0.25) is 4.90 Å². The molecule has 1 aromatic carbocycles. The third-order valence-electron chi connectivity index (χ3n) is 5.05. The van der Waals surface area contributed by atoms with Gasteiger partial charge in [0.05, 0.1) is 5.69 Å². The number of benzene rings is 1. The van der Waals surface area contributed by atoms with Crippen molar-refractivity contribution in [1.82, 2.24) is 19.6 Å². The highest BCUT2D eigenvalue weighted by Gasteiger charge is 2.25. The summed E-state index contributed by atoms with van der Waals surface area (Å²) in [6.45, 7) is 8.62. The van der Waals surface area contributed by atoms with Crippen molar-refractivity contribution in [2.24, 2.45) is 0 Å². The van der Waals surface area contributed by atoms with E-state index in [1.807, 2.05) is 23.1 Å². The van der Waals surface area contributed by atoms with E-state index in [0.29, 0.717) is 6.04 Å². The van der Waals surface area contributed by atoms with Gasteiger partial charge in [0.15, 0.2) is 0 Å². The molecule has 5 heteroatoms. The van der Waals surface area contributed by atoms with E-state index in [0.717, 1.165) is 32.6 Å². The molecule has 0 bridgehead atoms. The number of aliphatic hydroxyl groups is 1. The zero-order valence-electron chi connectivity index (χ0n) is 14.9. The SMILES string of the molecule is Cc1cc(C)c(CN2CCN(C)C(CCO)C2)c(-n2cccn2)c1. The first kappa shape index (κ1) is 17.1. The van der Waals surface area contributed by atoms with Crippen LogP contribution in [0.25, 0.3) is 5.69 Å². The summed E-state index contributed by atoms with van der Waals surface area (Å²) in [4.78, 5) is 4.87. The maximum Gasteiger partial charge on any atom is 0.0695 e. The van der Waals surface area contributed by atoms with Gasteiger partial charge in [0.1, 0.15) is 0 Å². The molecule has 1 aliphatic rings. The summed E-state index contributed by atoms with van der Waals surface area (Å²) in [6.07, 6.45) is 4.68. The van der Waals surface area contributed by atoms with Gasteiger partial charge in [-0.25, -0.2) is 4.68 Å². The van der Waals surface area contributed by atoms with E-state index in [4.69, 9.17) is 0 Å². The molecular weight excluding hydrogens is 300 g/mol. The molecule has 1 N–H and O–H groups in total. The second-order valence-corrected chi connectivity index (χ2v) is 6.91. The highest BCUT2D eigenvalue weighted by Crippen LogP contribution is 2.24. The maximum absolute atomic E-state index is 9.30. The van der Waals surface area contributed by atoms with Gasteiger partial charge in [-0.1, -0.05) is 6.07 Å². The third kappa shape index (κ3) is 3.69. The summed E-state index contributed by atoms with van der Waals surface area (Å²) in [5.74, 6) is 0. The monoisotopic (exact) mass is 328 g/mol. The van der Waals surface area contributed by atoms with Gasteiger partial charge in [-0.15, -0.1) is 0 Å². The summed E-state index contributed by atoms with van der Waals surface area (Å²) in [5, 5.41) is 13.7. The molecule has 1 atom stereocenters. The molecule has 1 aromatic heterocycles. The van der Waals surface area contributed by atoms with E-state index in [-0.39, 0.29) is 6.61 Å². The van der Waals surface area contributed by atoms with Crippen LogP contribution in [0.3, 0.4) is 0 Å². The van der Waals surface area contributed by atoms with Crippen LogP contribution in [-0.4, -0.2) is 64.0 Å². The molecule has 0 spiro atoms. The molecule has 5 nitrogen and oxygen atoms in total. The van der Waals surface area contributed by atoms with Gasteiger partial charge in [-0.2, -0.15) is 5.10 Å². The molecule has 3 rings (SSSR count). The lowest BCUT2D eigenvalue weighted by Gasteiger charge is -2.39. The Bertz CT molecular complexity index is 668. The van der Waals surface area contributed by atoms with Gasteiger partial charge in [0.2, 0.25) is 0 Å². The van der Waals surface area contributed by atoms with Crippen LogP contribution in [0, 0.1) is 13.8 Å². The minimum atomic E-state index is 0.255. The molecule has 0 radical (unpaired) electrons. The van der Waals surface area contributed by atoms with E-state index < -0.39 is 0 Å². The van der Waals surface area contributed by atoms with Crippen molar-refractivity contribution in [3.8, 4) is 5.69 Å². The average Bonchev–Trinajstić information content (AvgIpc) is 3.07. The number of piperazine rings is 1. The minimum Gasteiger partial charge on any atom is -0.396 e. The number of rotatable bonds is 5. The molecule has 2 aromatic rings. The summed E-state index contributed by atoms with van der Waals surface area (Å²) in [6, 6.07) is 6.87. The Balaban J connectivity index is 1.85. The molecule has 1 fully saturated rings. The molecule has 1 unspecified atom stereocenters. The largest absolute Gasteiger partial charge is 0.396 e. The van der Waals surface area contributed by atoms with E-state index in [1.54, 1.807) is 0 Å². The first-order valence-corrected chi connectivity index (χ1v) is 8.72. The molecule has 130 valence electrons. The molecule has 1 aliphatic heterocycles. The molecular formula is C19H28N4O. The van der Waals surface area contributed by atoms with Crippen LogP contribution < -0.4 is 0 Å². The van der Waals surface area contributed by atoms with Gasteiger partial charge in [-0.05, 0) is 56.1 Å². The predicted octanol–water partition coefficient (Wildman–Crippen LogP) is 1.99. The number of hydrogen-bond donors (Lipinski definition) is 1. The first-order chi connectivity index (χ1) is 11.6. The van der Waals surface area contributed by atoms with Gasteiger partial charge in [0, 0.05) is 51.2 Å². The number of hydrogen-bond acceptors (Lipinski definition) is 4. The third-order valence-corrected chi connectivity index (χ3v) is 5.05. The van der Waals surface area contributed by atoms with Crippen molar-refractivity contribution in [3.63, 3.8) is 0 Å². The summed E-state index contributed by atoms with van der Waals surface area (Å²) >= 11 is 0. The normalized spacial score (nSPS) is 19.8. The Morgan fingerprint density at radius 1 is 1.25 bits per heavy atom.